The van der Waals surface area contributed by atoms with Gasteiger partial charge in [0.15, 0.2) is 0 Å². The molecule has 0 bridgehead atoms. The van der Waals surface area contributed by atoms with Crippen LogP contribution in [0.25, 0.3) is 0 Å². The van der Waals surface area contributed by atoms with Gasteiger partial charge in [-0.25, -0.2) is 8.42 Å². The molecular weight excluding hydrogens is 258 g/mol. The molecule has 1 rings (SSSR count). The molecule has 0 spiro atoms. The molecule has 1 aromatic rings. The van der Waals surface area contributed by atoms with Crippen LogP contribution in [0.3, 0.4) is 0 Å². The molecule has 0 aliphatic rings. The Morgan fingerprint density at radius 2 is 1.89 bits per heavy atom. The van der Waals surface area contributed by atoms with Crippen LogP contribution in [0, 0.1) is 0 Å². The van der Waals surface area contributed by atoms with Gasteiger partial charge in [0.05, 0.1) is 11.5 Å². The molecule has 0 heterocycles. The summed E-state index contributed by atoms with van der Waals surface area (Å²) < 4.78 is 25.6. The van der Waals surface area contributed by atoms with Crippen LogP contribution in [-0.2, 0) is 21.2 Å². The lowest BCUT2D eigenvalue weighted by atomic mass is 10.2. The molecule has 1 aromatic carbocycles. The Kier molecular flexibility index (Phi) is 4.83. The highest BCUT2D eigenvalue weighted by atomic mass is 32.2. The van der Waals surface area contributed by atoms with Gasteiger partial charge >= 0.3 is 5.97 Å². The summed E-state index contributed by atoms with van der Waals surface area (Å²) in [5.74, 6) is -1.42. The first-order chi connectivity index (χ1) is 8.40. The van der Waals surface area contributed by atoms with Crippen LogP contribution in [0.2, 0.25) is 0 Å². The Hall–Kier alpha value is -1.44. The van der Waals surface area contributed by atoms with Gasteiger partial charge in [-0.1, -0.05) is 19.1 Å². The van der Waals surface area contributed by atoms with Gasteiger partial charge in [-0.3, -0.25) is 4.79 Å². The molecule has 6 nitrogen and oxygen atoms in total. The van der Waals surface area contributed by atoms with E-state index in [-0.39, 0.29) is 4.90 Å². The van der Waals surface area contributed by atoms with E-state index in [1.807, 2.05) is 11.6 Å². The zero-order chi connectivity index (χ0) is 13.8. The van der Waals surface area contributed by atoms with E-state index in [0.29, 0.717) is 0 Å². The van der Waals surface area contributed by atoms with Gasteiger partial charge < -0.3 is 10.2 Å². The van der Waals surface area contributed by atoms with Crippen LogP contribution < -0.4 is 4.72 Å². The molecule has 7 heteroatoms. The topological polar surface area (TPSA) is 104 Å². The zero-order valence-corrected chi connectivity index (χ0v) is 10.6. The lowest BCUT2D eigenvalue weighted by Gasteiger charge is -2.12. The minimum atomic E-state index is -3.93. The highest BCUT2D eigenvalue weighted by Gasteiger charge is 2.24. The third kappa shape index (κ3) is 3.52. The van der Waals surface area contributed by atoms with Gasteiger partial charge in [0, 0.05) is 0 Å². The number of hydrogen-bond donors (Lipinski definition) is 3. The summed E-state index contributed by atoms with van der Waals surface area (Å²) in [5, 5.41) is 17.5. The van der Waals surface area contributed by atoms with E-state index >= 15 is 0 Å². The Bertz CT molecular complexity index is 509. The fraction of sp³-hybridized carbons (Fsp3) is 0.364. The number of benzene rings is 1. The maximum atomic E-state index is 11.8. The van der Waals surface area contributed by atoms with Crippen molar-refractivity contribution in [3.63, 3.8) is 0 Å². The summed E-state index contributed by atoms with van der Waals surface area (Å²) in [5.41, 5.74) is 0.978. The van der Waals surface area contributed by atoms with Gasteiger partial charge in [-0.2, -0.15) is 4.72 Å². The van der Waals surface area contributed by atoms with Crippen molar-refractivity contribution in [2.24, 2.45) is 0 Å². The monoisotopic (exact) mass is 273 g/mol. The third-order valence-corrected chi connectivity index (χ3v) is 3.91. The summed E-state index contributed by atoms with van der Waals surface area (Å²) in [7, 11) is -3.93. The second kappa shape index (κ2) is 5.94. The van der Waals surface area contributed by atoms with Crippen molar-refractivity contribution < 1.29 is 23.4 Å². The highest BCUT2D eigenvalue weighted by molar-refractivity contribution is 7.89. The van der Waals surface area contributed by atoms with Gasteiger partial charge in [-0.15, -0.1) is 0 Å². The normalized spacial score (nSPS) is 13.2. The molecule has 1 atom stereocenters. The molecule has 0 aliphatic heterocycles. The average Bonchev–Trinajstić information content (AvgIpc) is 2.35. The van der Waals surface area contributed by atoms with E-state index in [9.17, 15) is 13.2 Å². The van der Waals surface area contributed by atoms with Crippen molar-refractivity contribution in [1.29, 1.82) is 0 Å². The molecule has 0 amide bonds. The minimum Gasteiger partial charge on any atom is -0.480 e. The largest absolute Gasteiger partial charge is 0.480 e. The van der Waals surface area contributed by atoms with Crippen molar-refractivity contribution in [3.05, 3.63) is 29.8 Å². The predicted octanol–water partition coefficient (Wildman–Crippen LogP) is -0.0272. The van der Waals surface area contributed by atoms with Crippen LogP contribution in [0.1, 0.15) is 12.5 Å². The SMILES string of the molecule is CCc1ccc(S(=O)(=O)N[C@H](CO)C(=O)O)cc1. The molecule has 0 radical (unpaired) electrons. The van der Waals surface area contributed by atoms with Crippen LogP contribution in [0.4, 0.5) is 0 Å². The molecule has 0 aromatic heterocycles. The molecule has 0 unspecified atom stereocenters. The van der Waals surface area contributed by atoms with Crippen LogP contribution in [-0.4, -0.2) is 37.2 Å². The second-order valence-electron chi connectivity index (χ2n) is 3.69. The first kappa shape index (κ1) is 14.6. The summed E-state index contributed by atoms with van der Waals surface area (Å²) in [6.07, 6.45) is 0.780. The van der Waals surface area contributed by atoms with Crippen LogP contribution in [0.5, 0.6) is 0 Å². The number of carboxylic acid groups (broad SMARTS) is 1. The maximum Gasteiger partial charge on any atom is 0.324 e. The highest BCUT2D eigenvalue weighted by Crippen LogP contribution is 2.11. The number of nitrogens with one attached hydrogen (secondary N) is 1. The zero-order valence-electron chi connectivity index (χ0n) is 9.83. The van der Waals surface area contributed by atoms with Gasteiger partial charge in [-0.05, 0) is 24.1 Å². The fourth-order valence-corrected chi connectivity index (χ4v) is 2.51. The molecule has 0 fully saturated rings. The number of sulfonamides is 1. The van der Waals surface area contributed by atoms with E-state index in [0.717, 1.165) is 12.0 Å². The summed E-state index contributed by atoms with van der Waals surface area (Å²) in [6, 6.07) is 4.57. The van der Waals surface area contributed by atoms with E-state index in [1.54, 1.807) is 12.1 Å². The van der Waals surface area contributed by atoms with E-state index < -0.39 is 28.6 Å². The minimum absolute atomic E-state index is 0.0283. The second-order valence-corrected chi connectivity index (χ2v) is 5.41. The molecule has 0 saturated carbocycles. The van der Waals surface area contributed by atoms with Crippen LogP contribution >= 0.6 is 0 Å². The Morgan fingerprint density at radius 1 is 1.33 bits per heavy atom. The number of hydrogen-bond acceptors (Lipinski definition) is 4. The molecule has 18 heavy (non-hydrogen) atoms. The number of aliphatic carboxylic acids is 1. The Balaban J connectivity index is 2.95. The standard InChI is InChI=1S/C11H15NO5S/c1-2-8-3-5-9(6-4-8)18(16,17)12-10(7-13)11(14)15/h3-6,10,12-13H,2,7H2,1H3,(H,14,15)/t10-/m1/s1. The Labute approximate surface area is 105 Å². The van der Waals surface area contributed by atoms with E-state index in [1.165, 1.54) is 12.1 Å². The van der Waals surface area contributed by atoms with E-state index in [2.05, 4.69) is 0 Å². The van der Waals surface area contributed by atoms with E-state index in [4.69, 9.17) is 10.2 Å². The van der Waals surface area contributed by atoms with Crippen molar-refractivity contribution >= 4 is 16.0 Å². The number of carboxylic acids is 1. The number of aryl methyl sites for hydroxylation is 1. The van der Waals surface area contributed by atoms with Crippen molar-refractivity contribution in [2.75, 3.05) is 6.61 Å². The molecular formula is C11H15NO5S. The number of carbonyl (C=O) groups is 1. The first-order valence-corrected chi connectivity index (χ1v) is 6.84. The number of aliphatic hydroxyl groups is 1. The van der Waals surface area contributed by atoms with Crippen molar-refractivity contribution in [2.45, 2.75) is 24.3 Å². The lowest BCUT2D eigenvalue weighted by Crippen LogP contribution is -2.43. The van der Waals surface area contributed by atoms with Crippen LogP contribution in [0.15, 0.2) is 29.2 Å². The van der Waals surface area contributed by atoms with Gasteiger partial charge in [0.2, 0.25) is 10.0 Å². The first-order valence-electron chi connectivity index (χ1n) is 5.35. The summed E-state index contributed by atoms with van der Waals surface area (Å²) in [6.45, 7) is 1.13. The fourth-order valence-electron chi connectivity index (χ4n) is 1.33. The lowest BCUT2D eigenvalue weighted by molar-refractivity contribution is -0.139. The summed E-state index contributed by atoms with van der Waals surface area (Å²) in [4.78, 5) is 10.6. The van der Waals surface area contributed by atoms with Gasteiger partial charge in [0.25, 0.3) is 0 Å². The number of rotatable bonds is 6. The maximum absolute atomic E-state index is 11.8. The molecule has 0 saturated heterocycles. The smallest absolute Gasteiger partial charge is 0.324 e. The van der Waals surface area contributed by atoms with Crippen molar-refractivity contribution in [1.82, 2.24) is 4.72 Å². The number of aliphatic hydroxyl groups excluding tert-OH is 1. The third-order valence-electron chi connectivity index (χ3n) is 2.42. The summed E-state index contributed by atoms with van der Waals surface area (Å²) >= 11 is 0. The molecule has 3 N–H and O–H groups in total. The van der Waals surface area contributed by atoms with Gasteiger partial charge in [0.1, 0.15) is 6.04 Å². The Morgan fingerprint density at radius 3 is 2.28 bits per heavy atom. The molecule has 100 valence electrons. The molecule has 0 aliphatic carbocycles. The quantitative estimate of drug-likeness (QED) is 0.675. The van der Waals surface area contributed by atoms with Crippen molar-refractivity contribution in [3.8, 4) is 0 Å². The average molecular weight is 273 g/mol. The predicted molar refractivity (Wildman–Crippen MR) is 64.7 cm³/mol.